The SMILES string of the molecule is N#CC(NNC(=O)Cc1cc(=O)oc2cc3ccccc3cc12)c1ccco1. The van der Waals surface area contributed by atoms with E-state index in [0.29, 0.717) is 22.3 Å². The van der Waals surface area contributed by atoms with E-state index < -0.39 is 17.6 Å². The molecule has 0 radical (unpaired) electrons. The Hall–Kier alpha value is -3.89. The number of nitriles is 1. The van der Waals surface area contributed by atoms with Crippen molar-refractivity contribution >= 4 is 27.6 Å². The highest BCUT2D eigenvalue weighted by Crippen LogP contribution is 2.24. The van der Waals surface area contributed by atoms with Gasteiger partial charge in [-0.2, -0.15) is 5.26 Å². The Bertz CT molecular complexity index is 1250. The van der Waals surface area contributed by atoms with E-state index in [0.717, 1.165) is 10.8 Å². The summed E-state index contributed by atoms with van der Waals surface area (Å²) in [6.45, 7) is 0. The first kappa shape index (κ1) is 17.5. The molecule has 1 atom stereocenters. The number of benzene rings is 2. The average molecular weight is 373 g/mol. The maximum Gasteiger partial charge on any atom is 0.336 e. The number of rotatable bonds is 5. The van der Waals surface area contributed by atoms with Crippen molar-refractivity contribution in [1.29, 1.82) is 5.26 Å². The van der Waals surface area contributed by atoms with Crippen LogP contribution in [0.5, 0.6) is 0 Å². The van der Waals surface area contributed by atoms with E-state index in [1.54, 1.807) is 18.2 Å². The van der Waals surface area contributed by atoms with Crippen LogP contribution in [0.15, 0.2) is 74.5 Å². The molecule has 0 spiro atoms. The van der Waals surface area contributed by atoms with Crippen molar-refractivity contribution in [2.45, 2.75) is 12.5 Å². The highest BCUT2D eigenvalue weighted by atomic mass is 16.4. The zero-order valence-corrected chi connectivity index (χ0v) is 14.6. The maximum atomic E-state index is 12.4. The number of hydrogen-bond acceptors (Lipinski definition) is 6. The molecule has 0 aliphatic heterocycles. The maximum absolute atomic E-state index is 12.4. The van der Waals surface area contributed by atoms with Gasteiger partial charge in [0.1, 0.15) is 11.3 Å². The van der Waals surface area contributed by atoms with Crippen molar-refractivity contribution in [3.63, 3.8) is 0 Å². The lowest BCUT2D eigenvalue weighted by Gasteiger charge is -2.11. The second-order valence-electron chi connectivity index (χ2n) is 6.23. The smallest absolute Gasteiger partial charge is 0.336 e. The first-order valence-electron chi connectivity index (χ1n) is 8.57. The van der Waals surface area contributed by atoms with Crippen LogP contribution < -0.4 is 16.5 Å². The number of carbonyl (C=O) groups is 1. The van der Waals surface area contributed by atoms with E-state index in [1.165, 1.54) is 12.3 Å². The molecule has 1 amide bonds. The molecule has 2 aromatic heterocycles. The molecule has 2 N–H and O–H groups in total. The highest BCUT2D eigenvalue weighted by molar-refractivity contribution is 5.98. The summed E-state index contributed by atoms with van der Waals surface area (Å²) in [5.41, 5.74) is 5.56. The van der Waals surface area contributed by atoms with Gasteiger partial charge in [-0.3, -0.25) is 10.2 Å². The molecule has 0 bridgehead atoms. The van der Waals surface area contributed by atoms with Gasteiger partial charge >= 0.3 is 5.63 Å². The number of hydrogen-bond donors (Lipinski definition) is 2. The van der Waals surface area contributed by atoms with Gasteiger partial charge in [0, 0.05) is 11.5 Å². The van der Waals surface area contributed by atoms with Gasteiger partial charge in [0.15, 0.2) is 6.04 Å². The Kier molecular flexibility index (Phi) is 4.62. The monoisotopic (exact) mass is 373 g/mol. The molecule has 138 valence electrons. The Balaban J connectivity index is 1.58. The molecule has 0 saturated carbocycles. The average Bonchev–Trinajstić information content (AvgIpc) is 3.21. The Morgan fingerprint density at radius 1 is 1.11 bits per heavy atom. The van der Waals surface area contributed by atoms with E-state index >= 15 is 0 Å². The summed E-state index contributed by atoms with van der Waals surface area (Å²) in [6.07, 6.45) is 1.40. The van der Waals surface area contributed by atoms with Gasteiger partial charge in [-0.15, -0.1) is 0 Å². The van der Waals surface area contributed by atoms with Gasteiger partial charge in [-0.25, -0.2) is 10.2 Å². The third kappa shape index (κ3) is 3.49. The van der Waals surface area contributed by atoms with Crippen molar-refractivity contribution < 1.29 is 13.6 Å². The first-order chi connectivity index (χ1) is 13.6. The molecular formula is C21H15N3O4. The van der Waals surface area contributed by atoms with E-state index in [1.807, 2.05) is 36.4 Å². The minimum atomic E-state index is -0.819. The van der Waals surface area contributed by atoms with Crippen LogP contribution in [0.2, 0.25) is 0 Å². The van der Waals surface area contributed by atoms with E-state index in [4.69, 9.17) is 8.83 Å². The normalized spacial score (nSPS) is 12.0. The van der Waals surface area contributed by atoms with Crippen molar-refractivity contribution in [3.8, 4) is 6.07 Å². The van der Waals surface area contributed by atoms with Crippen LogP contribution >= 0.6 is 0 Å². The van der Waals surface area contributed by atoms with Crippen LogP contribution in [0, 0.1) is 11.3 Å². The number of carbonyl (C=O) groups excluding carboxylic acids is 1. The molecule has 7 heteroatoms. The van der Waals surface area contributed by atoms with Crippen molar-refractivity contribution in [3.05, 3.63) is 82.6 Å². The molecule has 0 aliphatic carbocycles. The van der Waals surface area contributed by atoms with Gasteiger partial charge < -0.3 is 8.83 Å². The molecule has 7 nitrogen and oxygen atoms in total. The van der Waals surface area contributed by atoms with E-state index in [-0.39, 0.29) is 6.42 Å². The molecule has 4 aromatic rings. The van der Waals surface area contributed by atoms with Gasteiger partial charge in [0.2, 0.25) is 5.91 Å². The largest absolute Gasteiger partial charge is 0.466 e. The van der Waals surface area contributed by atoms with Crippen LogP contribution in [0.1, 0.15) is 17.4 Å². The standard InChI is InChI=1S/C21H15N3O4/c22-12-17(18-6-3-7-27-18)23-24-20(25)10-15-11-21(26)28-19-9-14-5-2-1-4-13(14)8-16(15)19/h1-9,11,17,23H,10H2,(H,24,25). The lowest BCUT2D eigenvalue weighted by molar-refractivity contribution is -0.121. The predicted molar refractivity (Wildman–Crippen MR) is 102 cm³/mol. The third-order valence-corrected chi connectivity index (χ3v) is 4.36. The molecule has 1 unspecified atom stereocenters. The molecule has 28 heavy (non-hydrogen) atoms. The molecule has 2 aromatic carbocycles. The number of nitrogens with zero attached hydrogens (tertiary/aromatic N) is 1. The number of amides is 1. The van der Waals surface area contributed by atoms with Gasteiger partial charge in [0.05, 0.1) is 18.8 Å². The minimum Gasteiger partial charge on any atom is -0.466 e. The van der Waals surface area contributed by atoms with Crippen LogP contribution in [0.25, 0.3) is 21.7 Å². The highest BCUT2D eigenvalue weighted by Gasteiger charge is 2.15. The van der Waals surface area contributed by atoms with E-state index in [9.17, 15) is 14.9 Å². The second kappa shape index (κ2) is 7.39. The molecule has 4 rings (SSSR count). The van der Waals surface area contributed by atoms with Crippen LogP contribution in [0.4, 0.5) is 0 Å². The molecule has 0 fully saturated rings. The number of furan rings is 1. The fraction of sp³-hybridized carbons (Fsp3) is 0.0952. The topological polar surface area (TPSA) is 108 Å². The number of hydrazine groups is 1. The summed E-state index contributed by atoms with van der Waals surface area (Å²) in [4.78, 5) is 24.3. The molecular weight excluding hydrogens is 358 g/mol. The predicted octanol–water partition coefficient (Wildman–Crippen LogP) is 2.97. The van der Waals surface area contributed by atoms with Crippen LogP contribution in [-0.2, 0) is 11.2 Å². The summed E-state index contributed by atoms with van der Waals surface area (Å²) >= 11 is 0. The summed E-state index contributed by atoms with van der Waals surface area (Å²) in [6, 6.07) is 17.2. The van der Waals surface area contributed by atoms with Crippen molar-refractivity contribution in [1.82, 2.24) is 10.9 Å². The lowest BCUT2D eigenvalue weighted by Crippen LogP contribution is -2.40. The zero-order valence-electron chi connectivity index (χ0n) is 14.6. The van der Waals surface area contributed by atoms with Crippen molar-refractivity contribution in [2.75, 3.05) is 0 Å². The Morgan fingerprint density at radius 2 is 1.89 bits per heavy atom. The minimum absolute atomic E-state index is 0.0518. The fourth-order valence-electron chi connectivity index (χ4n) is 3.05. The second-order valence-corrected chi connectivity index (χ2v) is 6.23. The van der Waals surface area contributed by atoms with E-state index in [2.05, 4.69) is 10.9 Å². The molecule has 2 heterocycles. The third-order valence-electron chi connectivity index (χ3n) is 4.36. The fourth-order valence-corrected chi connectivity index (χ4v) is 3.05. The Morgan fingerprint density at radius 3 is 2.61 bits per heavy atom. The van der Waals surface area contributed by atoms with Crippen LogP contribution in [-0.4, -0.2) is 5.91 Å². The summed E-state index contributed by atoms with van der Waals surface area (Å²) in [7, 11) is 0. The summed E-state index contributed by atoms with van der Waals surface area (Å²) in [5, 5.41) is 11.8. The number of fused-ring (bicyclic) bond motifs is 2. The van der Waals surface area contributed by atoms with Crippen molar-refractivity contribution in [2.24, 2.45) is 0 Å². The summed E-state index contributed by atoms with van der Waals surface area (Å²) < 4.78 is 10.5. The summed E-state index contributed by atoms with van der Waals surface area (Å²) in [5.74, 6) is -0.00746. The molecule has 0 aliphatic rings. The van der Waals surface area contributed by atoms with Crippen LogP contribution in [0.3, 0.4) is 0 Å². The Labute approximate surface area is 159 Å². The molecule has 0 saturated heterocycles. The number of nitrogens with one attached hydrogen (secondary N) is 2. The quantitative estimate of drug-likeness (QED) is 0.316. The lowest BCUT2D eigenvalue weighted by atomic mass is 10.0. The van der Waals surface area contributed by atoms with Gasteiger partial charge in [0.25, 0.3) is 0 Å². The van der Waals surface area contributed by atoms with Gasteiger partial charge in [-0.1, -0.05) is 24.3 Å². The zero-order chi connectivity index (χ0) is 19.5. The van der Waals surface area contributed by atoms with Gasteiger partial charge in [-0.05, 0) is 40.6 Å². The first-order valence-corrected chi connectivity index (χ1v) is 8.57.